The van der Waals surface area contributed by atoms with Gasteiger partial charge < -0.3 is 14.3 Å². The molecular formula is C20H20FNO5. The second-order valence-electron chi connectivity index (χ2n) is 5.48. The van der Waals surface area contributed by atoms with Crippen LogP contribution in [-0.2, 0) is 14.3 Å². The van der Waals surface area contributed by atoms with Crippen molar-refractivity contribution >= 4 is 18.2 Å². The molecule has 0 unspecified atom stereocenters. The summed E-state index contributed by atoms with van der Waals surface area (Å²) in [6.07, 6.45) is -2.00. The lowest BCUT2D eigenvalue weighted by Gasteiger charge is -2.18. The Morgan fingerprint density at radius 1 is 1.00 bits per heavy atom. The van der Waals surface area contributed by atoms with Gasteiger partial charge in [0.2, 0.25) is 0 Å². The molecule has 0 aliphatic heterocycles. The summed E-state index contributed by atoms with van der Waals surface area (Å²) in [6.45, 7) is -0.172. The molecule has 0 heterocycles. The Kier molecular flexibility index (Phi) is 7.96. The molecule has 0 saturated carbocycles. The molecule has 6 nitrogen and oxygen atoms in total. The smallest absolute Gasteiger partial charge is 0.338 e. The molecule has 142 valence electrons. The minimum atomic E-state index is -1.62. The van der Waals surface area contributed by atoms with Crippen LogP contribution >= 0.6 is 0 Å². The Bertz CT molecular complexity index is 751. The molecule has 2 aromatic carbocycles. The average molecular weight is 373 g/mol. The van der Waals surface area contributed by atoms with E-state index in [0.717, 1.165) is 6.21 Å². The largest absolute Gasteiger partial charge is 0.462 e. The van der Waals surface area contributed by atoms with Crippen LogP contribution in [0.2, 0.25) is 0 Å². The quantitative estimate of drug-likeness (QED) is 0.382. The maximum Gasteiger partial charge on any atom is 0.338 e. The monoisotopic (exact) mass is 373 g/mol. The van der Waals surface area contributed by atoms with E-state index in [-0.39, 0.29) is 18.6 Å². The first-order chi connectivity index (χ1) is 13.1. The summed E-state index contributed by atoms with van der Waals surface area (Å²) in [5.41, 5.74) is 0.664. The van der Waals surface area contributed by atoms with Crippen molar-refractivity contribution in [3.8, 4) is 0 Å². The van der Waals surface area contributed by atoms with Crippen molar-refractivity contribution in [3.63, 3.8) is 0 Å². The van der Waals surface area contributed by atoms with Crippen molar-refractivity contribution in [2.24, 2.45) is 5.16 Å². The van der Waals surface area contributed by atoms with Crippen LogP contribution in [0.5, 0.6) is 0 Å². The number of halogens is 1. The highest BCUT2D eigenvalue weighted by Gasteiger charge is 2.25. The maximum atomic E-state index is 14.5. The molecule has 2 atom stereocenters. The lowest BCUT2D eigenvalue weighted by atomic mass is 10.1. The number of alkyl halides is 1. The number of rotatable bonds is 9. The van der Waals surface area contributed by atoms with Crippen molar-refractivity contribution in [2.75, 3.05) is 13.7 Å². The number of oxime groups is 1. The van der Waals surface area contributed by atoms with Gasteiger partial charge in [-0.05, 0) is 24.3 Å². The third-order valence-corrected chi connectivity index (χ3v) is 3.56. The van der Waals surface area contributed by atoms with Gasteiger partial charge in [-0.1, -0.05) is 41.6 Å². The van der Waals surface area contributed by atoms with Crippen LogP contribution in [-0.4, -0.2) is 44.1 Å². The number of hydrogen-bond acceptors (Lipinski definition) is 6. The van der Waals surface area contributed by atoms with Gasteiger partial charge in [0.05, 0.1) is 23.9 Å². The van der Waals surface area contributed by atoms with Gasteiger partial charge in [-0.3, -0.25) is 0 Å². The zero-order chi connectivity index (χ0) is 19.5. The molecule has 27 heavy (non-hydrogen) atoms. The lowest BCUT2D eigenvalue weighted by molar-refractivity contribution is 0.0182. The number of benzene rings is 2. The number of carbonyl (C=O) groups excluding carboxylic acids is 2. The van der Waals surface area contributed by atoms with Gasteiger partial charge in [-0.15, -0.1) is 0 Å². The van der Waals surface area contributed by atoms with Crippen LogP contribution in [0.25, 0.3) is 0 Å². The molecule has 2 aromatic rings. The van der Waals surface area contributed by atoms with Crippen molar-refractivity contribution in [1.29, 1.82) is 0 Å². The average Bonchev–Trinajstić information content (AvgIpc) is 2.72. The highest BCUT2D eigenvalue weighted by Crippen LogP contribution is 2.12. The Balaban J connectivity index is 1.90. The van der Waals surface area contributed by atoms with Crippen LogP contribution in [0, 0.1) is 0 Å². The summed E-state index contributed by atoms with van der Waals surface area (Å²) < 4.78 is 24.7. The molecule has 0 aliphatic carbocycles. The fraction of sp³-hybridized carbons (Fsp3) is 0.250. The summed E-state index contributed by atoms with van der Waals surface area (Å²) in [6, 6.07) is 16.6. The van der Waals surface area contributed by atoms with E-state index in [2.05, 4.69) is 9.99 Å². The summed E-state index contributed by atoms with van der Waals surface area (Å²) >= 11 is 0. The molecule has 0 N–H and O–H groups in total. The number of hydrogen-bond donors (Lipinski definition) is 0. The third-order valence-electron chi connectivity index (χ3n) is 3.56. The highest BCUT2D eigenvalue weighted by atomic mass is 19.1. The van der Waals surface area contributed by atoms with Crippen LogP contribution in [0.4, 0.5) is 4.39 Å². The van der Waals surface area contributed by atoms with E-state index in [1.807, 2.05) is 0 Å². The minimum Gasteiger partial charge on any atom is -0.462 e. The molecule has 0 aromatic heterocycles. The molecule has 7 heteroatoms. The van der Waals surface area contributed by atoms with Crippen molar-refractivity contribution in [3.05, 3.63) is 71.8 Å². The summed E-state index contributed by atoms with van der Waals surface area (Å²) in [4.78, 5) is 28.5. The summed E-state index contributed by atoms with van der Waals surface area (Å²) in [5.74, 6) is -1.24. The normalized spacial score (nSPS) is 13.0. The van der Waals surface area contributed by atoms with Gasteiger partial charge in [0.15, 0.2) is 6.10 Å². The van der Waals surface area contributed by atoms with Crippen LogP contribution in [0.3, 0.4) is 0 Å². The first-order valence-corrected chi connectivity index (χ1v) is 8.30. The standard InChI is InChI=1S/C20H20FNO5/c1-25-22-14-18(27-20(24)16-10-6-3-7-11-16)17(21)12-13-26-19(23)15-8-4-2-5-9-15/h2-11,14,17-18H,12-13H2,1H3/t17-,18-/m0/s1. The Hall–Kier alpha value is -3.22. The molecule has 0 amide bonds. The van der Waals surface area contributed by atoms with Gasteiger partial charge in [-0.25, -0.2) is 14.0 Å². The van der Waals surface area contributed by atoms with Gasteiger partial charge in [0.25, 0.3) is 0 Å². The molecule has 0 spiro atoms. The number of nitrogens with zero attached hydrogens (tertiary/aromatic N) is 1. The van der Waals surface area contributed by atoms with E-state index in [9.17, 15) is 14.0 Å². The number of carbonyl (C=O) groups is 2. The molecule has 0 aliphatic rings. The van der Waals surface area contributed by atoms with Crippen LogP contribution in [0.15, 0.2) is 65.8 Å². The maximum absolute atomic E-state index is 14.5. The number of ether oxygens (including phenoxy) is 2. The van der Waals surface area contributed by atoms with Crippen LogP contribution < -0.4 is 0 Å². The molecular weight excluding hydrogens is 353 g/mol. The van der Waals surface area contributed by atoms with Crippen LogP contribution in [0.1, 0.15) is 27.1 Å². The van der Waals surface area contributed by atoms with Crippen molar-refractivity contribution in [2.45, 2.75) is 18.7 Å². The predicted molar refractivity (Wildman–Crippen MR) is 97.4 cm³/mol. The summed E-state index contributed by atoms with van der Waals surface area (Å²) in [7, 11) is 1.29. The zero-order valence-corrected chi connectivity index (χ0v) is 14.8. The first-order valence-electron chi connectivity index (χ1n) is 8.30. The van der Waals surface area contributed by atoms with Gasteiger partial charge in [-0.2, -0.15) is 0 Å². The van der Waals surface area contributed by atoms with Gasteiger partial charge in [0.1, 0.15) is 13.3 Å². The van der Waals surface area contributed by atoms with E-state index in [4.69, 9.17) is 9.47 Å². The highest BCUT2D eigenvalue weighted by molar-refractivity contribution is 5.90. The van der Waals surface area contributed by atoms with E-state index in [1.54, 1.807) is 60.7 Å². The molecule has 0 radical (unpaired) electrons. The SMILES string of the molecule is CON=C[C@H](OC(=O)c1ccccc1)[C@@H](F)CCOC(=O)c1ccccc1. The van der Waals surface area contributed by atoms with E-state index in [1.165, 1.54) is 7.11 Å². The second kappa shape index (κ2) is 10.7. The van der Waals surface area contributed by atoms with Crippen molar-refractivity contribution < 1.29 is 28.3 Å². The topological polar surface area (TPSA) is 74.2 Å². The summed E-state index contributed by atoms with van der Waals surface area (Å²) in [5, 5.41) is 3.48. The molecule has 0 bridgehead atoms. The second-order valence-corrected chi connectivity index (χ2v) is 5.48. The van der Waals surface area contributed by atoms with E-state index < -0.39 is 24.2 Å². The van der Waals surface area contributed by atoms with E-state index in [0.29, 0.717) is 5.56 Å². The van der Waals surface area contributed by atoms with Gasteiger partial charge >= 0.3 is 11.9 Å². The van der Waals surface area contributed by atoms with Crippen molar-refractivity contribution in [1.82, 2.24) is 0 Å². The predicted octanol–water partition coefficient (Wildman–Crippen LogP) is 3.43. The molecule has 2 rings (SSSR count). The fourth-order valence-corrected chi connectivity index (χ4v) is 2.17. The van der Waals surface area contributed by atoms with Gasteiger partial charge in [0, 0.05) is 6.42 Å². The Morgan fingerprint density at radius 3 is 2.11 bits per heavy atom. The zero-order valence-electron chi connectivity index (χ0n) is 14.8. The first kappa shape index (κ1) is 20.1. The van der Waals surface area contributed by atoms with E-state index >= 15 is 0 Å². The fourth-order valence-electron chi connectivity index (χ4n) is 2.17. The minimum absolute atomic E-state index is 0.166. The Morgan fingerprint density at radius 2 is 1.56 bits per heavy atom. The third kappa shape index (κ3) is 6.54. The number of esters is 2. The Labute approximate surface area is 156 Å². The molecule has 0 fully saturated rings. The lowest BCUT2D eigenvalue weighted by Crippen LogP contribution is -2.31. The molecule has 0 saturated heterocycles.